The molecule has 11 heteroatoms. The Kier molecular flexibility index (Phi) is 5.57. The van der Waals surface area contributed by atoms with Crippen LogP contribution in [-0.2, 0) is 36.1 Å². The molecular formula is C18H20N2O7S2. The molecule has 0 aliphatic carbocycles. The number of aromatic hydroxyl groups is 1. The van der Waals surface area contributed by atoms with Gasteiger partial charge in [0.2, 0.25) is 20.0 Å². The number of carbonyl (C=O) groups excluding carboxylic acids is 1. The highest BCUT2D eigenvalue weighted by atomic mass is 32.2. The average molecular weight is 440 g/mol. The van der Waals surface area contributed by atoms with Crippen LogP contribution in [0, 0.1) is 0 Å². The van der Waals surface area contributed by atoms with Crippen LogP contribution in [0.1, 0.15) is 5.56 Å². The molecule has 9 nitrogen and oxygen atoms in total. The molecule has 0 aromatic heterocycles. The number of anilines is 1. The number of phenols is 1. The number of rotatable bonds is 4. The average Bonchev–Trinajstić information content (AvgIpc) is 2.85. The van der Waals surface area contributed by atoms with Gasteiger partial charge in [-0.25, -0.2) is 16.8 Å². The van der Waals surface area contributed by atoms with Gasteiger partial charge in [-0.2, -0.15) is 4.31 Å². The third-order valence-corrected chi connectivity index (χ3v) is 7.61. The van der Waals surface area contributed by atoms with E-state index in [-0.39, 0.29) is 17.2 Å². The number of methoxy groups -OCH3 is 1. The zero-order valence-electron chi connectivity index (χ0n) is 15.7. The standard InChI is InChI=1S/C18H20N2O7S2/c1-27-18(22)17-12-19(28(2,23)24)16-6-4-3-5-13(16)11-20(17)29(25,26)15-9-7-14(21)8-10-15/h3-10,17,21H,11-12H2,1-2H3. The fourth-order valence-electron chi connectivity index (χ4n) is 3.16. The van der Waals surface area contributed by atoms with Gasteiger partial charge < -0.3 is 9.84 Å². The van der Waals surface area contributed by atoms with Gasteiger partial charge in [0.25, 0.3) is 0 Å². The Morgan fingerprint density at radius 3 is 2.28 bits per heavy atom. The Morgan fingerprint density at radius 1 is 1.07 bits per heavy atom. The topological polar surface area (TPSA) is 121 Å². The van der Waals surface area contributed by atoms with Gasteiger partial charge in [0.05, 0.1) is 30.5 Å². The van der Waals surface area contributed by atoms with E-state index < -0.39 is 38.6 Å². The van der Waals surface area contributed by atoms with E-state index in [0.29, 0.717) is 11.3 Å². The number of nitrogens with zero attached hydrogens (tertiary/aromatic N) is 2. The minimum absolute atomic E-state index is 0.113. The van der Waals surface area contributed by atoms with Crippen molar-refractivity contribution >= 4 is 31.7 Å². The van der Waals surface area contributed by atoms with E-state index in [1.165, 1.54) is 24.3 Å². The fraction of sp³-hybridized carbons (Fsp3) is 0.278. The first kappa shape index (κ1) is 21.1. The number of hydrogen-bond acceptors (Lipinski definition) is 7. The molecule has 0 saturated heterocycles. The summed E-state index contributed by atoms with van der Waals surface area (Å²) >= 11 is 0. The molecule has 1 unspecified atom stereocenters. The Bertz CT molecular complexity index is 1130. The van der Waals surface area contributed by atoms with E-state index in [9.17, 15) is 26.7 Å². The predicted octanol–water partition coefficient (Wildman–Crippen LogP) is 0.904. The summed E-state index contributed by atoms with van der Waals surface area (Å²) < 4.78 is 58.1. The van der Waals surface area contributed by atoms with Crippen LogP contribution in [0.3, 0.4) is 0 Å². The van der Waals surface area contributed by atoms with Gasteiger partial charge in [-0.1, -0.05) is 18.2 Å². The Morgan fingerprint density at radius 2 is 1.69 bits per heavy atom. The van der Waals surface area contributed by atoms with Crippen molar-refractivity contribution in [2.45, 2.75) is 17.5 Å². The number of hydrogen-bond donors (Lipinski definition) is 1. The summed E-state index contributed by atoms with van der Waals surface area (Å²) in [6.07, 6.45) is 0.988. The highest BCUT2D eigenvalue weighted by Crippen LogP contribution is 2.33. The van der Waals surface area contributed by atoms with Crippen LogP contribution in [0.4, 0.5) is 5.69 Å². The zero-order chi connectivity index (χ0) is 21.4. The van der Waals surface area contributed by atoms with Crippen molar-refractivity contribution in [3.8, 4) is 5.75 Å². The molecule has 0 fully saturated rings. The Hall–Kier alpha value is -2.63. The number of benzene rings is 2. The van der Waals surface area contributed by atoms with E-state index in [4.69, 9.17) is 4.74 Å². The van der Waals surface area contributed by atoms with Gasteiger partial charge in [-0.15, -0.1) is 0 Å². The van der Waals surface area contributed by atoms with Crippen molar-refractivity contribution in [1.82, 2.24) is 4.31 Å². The number of fused-ring (bicyclic) bond motifs is 1. The summed E-state index contributed by atoms with van der Waals surface area (Å²) in [6.45, 7) is -0.662. The number of ether oxygens (including phenoxy) is 1. The fourth-order valence-corrected chi connectivity index (χ4v) is 5.66. The van der Waals surface area contributed by atoms with Crippen molar-refractivity contribution in [3.63, 3.8) is 0 Å². The van der Waals surface area contributed by atoms with E-state index in [2.05, 4.69) is 0 Å². The first-order chi connectivity index (χ1) is 13.6. The van der Waals surface area contributed by atoms with Crippen molar-refractivity contribution < 1.29 is 31.5 Å². The van der Waals surface area contributed by atoms with Gasteiger partial charge in [0, 0.05) is 6.54 Å². The highest BCUT2D eigenvalue weighted by molar-refractivity contribution is 7.92. The van der Waals surface area contributed by atoms with E-state index in [1.807, 2.05) is 0 Å². The monoisotopic (exact) mass is 440 g/mol. The minimum atomic E-state index is -4.22. The first-order valence-electron chi connectivity index (χ1n) is 8.50. The number of sulfonamides is 2. The lowest BCUT2D eigenvalue weighted by molar-refractivity contribution is -0.144. The molecule has 0 radical (unpaired) electrons. The van der Waals surface area contributed by atoms with Crippen LogP contribution < -0.4 is 4.31 Å². The quantitative estimate of drug-likeness (QED) is 0.701. The molecular weight excluding hydrogens is 420 g/mol. The number of para-hydroxylation sites is 1. The lowest BCUT2D eigenvalue weighted by atomic mass is 10.2. The molecule has 2 aromatic rings. The van der Waals surface area contributed by atoms with Crippen molar-refractivity contribution in [3.05, 3.63) is 54.1 Å². The molecule has 3 rings (SSSR count). The molecule has 2 aromatic carbocycles. The van der Waals surface area contributed by atoms with Gasteiger partial charge in [-0.05, 0) is 35.9 Å². The summed E-state index contributed by atoms with van der Waals surface area (Å²) in [5.41, 5.74) is 0.721. The molecule has 0 spiro atoms. The maximum atomic E-state index is 13.3. The molecule has 29 heavy (non-hydrogen) atoms. The zero-order valence-corrected chi connectivity index (χ0v) is 17.4. The van der Waals surface area contributed by atoms with E-state index in [1.54, 1.807) is 24.3 Å². The van der Waals surface area contributed by atoms with Crippen LogP contribution in [0.15, 0.2) is 53.4 Å². The van der Waals surface area contributed by atoms with Crippen LogP contribution in [0.25, 0.3) is 0 Å². The lowest BCUT2D eigenvalue weighted by Crippen LogP contribution is -2.50. The smallest absolute Gasteiger partial charge is 0.326 e. The third kappa shape index (κ3) is 4.07. The van der Waals surface area contributed by atoms with Crippen LogP contribution >= 0.6 is 0 Å². The van der Waals surface area contributed by atoms with E-state index >= 15 is 0 Å². The second kappa shape index (κ2) is 7.65. The molecule has 1 heterocycles. The maximum Gasteiger partial charge on any atom is 0.326 e. The largest absolute Gasteiger partial charge is 0.508 e. The SMILES string of the molecule is COC(=O)C1CN(S(C)(=O)=O)c2ccccc2CN1S(=O)(=O)c1ccc(O)cc1. The molecule has 1 N–H and O–H groups in total. The van der Waals surface area contributed by atoms with Crippen LogP contribution in [0.5, 0.6) is 5.75 Å². The molecule has 0 amide bonds. The van der Waals surface area contributed by atoms with Crippen molar-refractivity contribution in [2.24, 2.45) is 0 Å². The van der Waals surface area contributed by atoms with Gasteiger partial charge in [0.15, 0.2) is 0 Å². The molecule has 0 bridgehead atoms. The molecule has 0 saturated carbocycles. The molecule has 1 aliphatic heterocycles. The predicted molar refractivity (Wildman–Crippen MR) is 105 cm³/mol. The third-order valence-electron chi connectivity index (χ3n) is 4.59. The Labute approximate surface area is 169 Å². The van der Waals surface area contributed by atoms with Crippen molar-refractivity contribution in [1.29, 1.82) is 0 Å². The van der Waals surface area contributed by atoms with Gasteiger partial charge >= 0.3 is 5.97 Å². The van der Waals surface area contributed by atoms with Crippen molar-refractivity contribution in [2.75, 3.05) is 24.2 Å². The van der Waals surface area contributed by atoms with E-state index in [0.717, 1.165) is 22.0 Å². The summed E-state index contributed by atoms with van der Waals surface area (Å²) in [6, 6.07) is 9.91. The summed E-state index contributed by atoms with van der Waals surface area (Å²) in [5, 5.41) is 9.45. The molecule has 1 atom stereocenters. The summed E-state index contributed by atoms with van der Waals surface area (Å²) in [7, 11) is -6.92. The molecule has 156 valence electrons. The van der Waals surface area contributed by atoms with Gasteiger partial charge in [-0.3, -0.25) is 9.10 Å². The summed E-state index contributed by atoms with van der Waals surface area (Å²) in [5.74, 6) is -0.994. The second-order valence-corrected chi connectivity index (χ2v) is 10.3. The summed E-state index contributed by atoms with van der Waals surface area (Å²) in [4.78, 5) is 12.4. The van der Waals surface area contributed by atoms with Gasteiger partial charge in [0.1, 0.15) is 11.8 Å². The normalized spacial score (nSPS) is 18.0. The van der Waals surface area contributed by atoms with Crippen LogP contribution in [-0.4, -0.2) is 58.2 Å². The molecule has 1 aliphatic rings. The number of phenolic OH excluding ortho intramolecular Hbond substituents is 1. The number of esters is 1. The maximum absolute atomic E-state index is 13.3. The lowest BCUT2D eigenvalue weighted by Gasteiger charge is -2.29. The minimum Gasteiger partial charge on any atom is -0.508 e. The second-order valence-electron chi connectivity index (χ2n) is 6.51. The Balaban J connectivity index is 2.19. The highest BCUT2D eigenvalue weighted by Gasteiger charge is 2.42. The van der Waals surface area contributed by atoms with Crippen LogP contribution in [0.2, 0.25) is 0 Å². The first-order valence-corrected chi connectivity index (χ1v) is 11.8. The number of carbonyl (C=O) groups is 1.